The van der Waals surface area contributed by atoms with Crippen molar-refractivity contribution in [3.8, 4) is 17.2 Å². The maximum absolute atomic E-state index is 12.2. The van der Waals surface area contributed by atoms with E-state index in [4.69, 9.17) is 10.5 Å². The van der Waals surface area contributed by atoms with Crippen LogP contribution in [-0.4, -0.2) is 21.4 Å². The Morgan fingerprint density at radius 2 is 1.68 bits per heavy atom. The van der Waals surface area contributed by atoms with E-state index in [9.17, 15) is 15.0 Å². The molecule has 2 aromatic rings. The number of thiol groups is 1. The Morgan fingerprint density at radius 3 is 2.32 bits per heavy atom. The first-order valence-electron chi connectivity index (χ1n) is 8.26. The van der Waals surface area contributed by atoms with E-state index in [-0.39, 0.29) is 17.2 Å². The molecule has 4 N–H and O–H groups in total. The van der Waals surface area contributed by atoms with Crippen molar-refractivity contribution in [2.75, 3.05) is 5.73 Å². The molecular weight excluding hydrogens is 338 g/mol. The SMILES string of the molecule is Nc1c(O)ccc(OC(=O)c2ccc(C3CCC(S)CC3)cc2)c1O. The maximum atomic E-state index is 12.2. The number of ether oxygens (including phenoxy) is 1. The van der Waals surface area contributed by atoms with Gasteiger partial charge in [0.2, 0.25) is 0 Å². The lowest BCUT2D eigenvalue weighted by atomic mass is 9.83. The number of esters is 1. The van der Waals surface area contributed by atoms with Gasteiger partial charge in [-0.15, -0.1) is 0 Å². The van der Waals surface area contributed by atoms with E-state index in [1.54, 1.807) is 12.1 Å². The van der Waals surface area contributed by atoms with Crippen LogP contribution in [0.25, 0.3) is 0 Å². The van der Waals surface area contributed by atoms with Crippen LogP contribution in [-0.2, 0) is 0 Å². The third-order valence-electron chi connectivity index (χ3n) is 4.67. The van der Waals surface area contributed by atoms with Crippen molar-refractivity contribution in [2.24, 2.45) is 0 Å². The molecule has 0 aliphatic heterocycles. The van der Waals surface area contributed by atoms with Crippen LogP contribution in [0.3, 0.4) is 0 Å². The summed E-state index contributed by atoms with van der Waals surface area (Å²) in [4.78, 5) is 12.2. The predicted molar refractivity (Wildman–Crippen MR) is 99.6 cm³/mol. The van der Waals surface area contributed by atoms with Crippen molar-refractivity contribution in [2.45, 2.75) is 36.9 Å². The second kappa shape index (κ2) is 7.27. The topological polar surface area (TPSA) is 92.8 Å². The number of carbonyl (C=O) groups is 1. The fourth-order valence-corrected chi connectivity index (χ4v) is 3.42. The molecule has 1 aliphatic rings. The van der Waals surface area contributed by atoms with Crippen LogP contribution in [0.1, 0.15) is 47.5 Å². The molecule has 0 heterocycles. The van der Waals surface area contributed by atoms with E-state index in [1.807, 2.05) is 12.1 Å². The summed E-state index contributed by atoms with van der Waals surface area (Å²) in [7, 11) is 0. The van der Waals surface area contributed by atoms with Crippen LogP contribution in [0.5, 0.6) is 17.2 Å². The van der Waals surface area contributed by atoms with Gasteiger partial charge in [0.05, 0.1) is 5.56 Å². The molecule has 1 saturated carbocycles. The van der Waals surface area contributed by atoms with E-state index in [0.29, 0.717) is 16.7 Å². The van der Waals surface area contributed by atoms with E-state index in [2.05, 4.69) is 12.6 Å². The number of benzene rings is 2. The number of phenols is 2. The van der Waals surface area contributed by atoms with Gasteiger partial charge in [-0.2, -0.15) is 12.6 Å². The van der Waals surface area contributed by atoms with E-state index in [0.717, 1.165) is 25.7 Å². The quantitative estimate of drug-likeness (QED) is 0.220. The minimum atomic E-state index is -0.592. The summed E-state index contributed by atoms with van der Waals surface area (Å²) in [6.45, 7) is 0. The van der Waals surface area contributed by atoms with Crippen LogP contribution in [0.4, 0.5) is 5.69 Å². The second-order valence-electron chi connectivity index (χ2n) is 6.36. The van der Waals surface area contributed by atoms with Gasteiger partial charge in [0.25, 0.3) is 0 Å². The number of aromatic hydroxyl groups is 2. The molecule has 0 aromatic heterocycles. The number of anilines is 1. The average molecular weight is 359 g/mol. The lowest BCUT2D eigenvalue weighted by molar-refractivity contribution is 0.0729. The standard InChI is InChI=1S/C19H21NO4S/c20-17-15(21)9-10-16(18(17)22)24-19(23)13-3-1-11(2-4-13)12-5-7-14(25)8-6-12/h1-4,9-10,12,14,21-22,25H,5-8,20H2. The minimum Gasteiger partial charge on any atom is -0.506 e. The second-order valence-corrected chi connectivity index (χ2v) is 7.09. The molecule has 132 valence electrons. The summed E-state index contributed by atoms with van der Waals surface area (Å²) < 4.78 is 5.18. The molecule has 3 rings (SSSR count). The summed E-state index contributed by atoms with van der Waals surface area (Å²) in [6.07, 6.45) is 4.44. The highest BCUT2D eigenvalue weighted by atomic mass is 32.1. The van der Waals surface area contributed by atoms with E-state index < -0.39 is 11.7 Å². The highest BCUT2D eigenvalue weighted by Gasteiger charge is 2.21. The van der Waals surface area contributed by atoms with Gasteiger partial charge in [0.15, 0.2) is 11.5 Å². The fourth-order valence-electron chi connectivity index (χ4n) is 3.12. The molecule has 1 aliphatic carbocycles. The van der Waals surface area contributed by atoms with Gasteiger partial charge in [-0.25, -0.2) is 4.79 Å². The monoisotopic (exact) mass is 359 g/mol. The van der Waals surface area contributed by atoms with Crippen LogP contribution in [0.2, 0.25) is 0 Å². The number of nitrogen functional groups attached to an aromatic ring is 1. The van der Waals surface area contributed by atoms with Crippen molar-refractivity contribution in [1.29, 1.82) is 0 Å². The van der Waals surface area contributed by atoms with Crippen LogP contribution in [0.15, 0.2) is 36.4 Å². The molecule has 0 spiro atoms. The third kappa shape index (κ3) is 3.85. The lowest BCUT2D eigenvalue weighted by Crippen LogP contribution is -2.13. The van der Waals surface area contributed by atoms with E-state index in [1.165, 1.54) is 17.7 Å². The third-order valence-corrected chi connectivity index (χ3v) is 5.19. The van der Waals surface area contributed by atoms with Crippen molar-refractivity contribution in [1.82, 2.24) is 0 Å². The van der Waals surface area contributed by atoms with Gasteiger partial charge >= 0.3 is 5.97 Å². The summed E-state index contributed by atoms with van der Waals surface area (Å²) in [5.41, 5.74) is 6.89. The molecule has 1 fully saturated rings. The van der Waals surface area contributed by atoms with Crippen molar-refractivity contribution >= 4 is 24.3 Å². The molecule has 0 saturated heterocycles. The Morgan fingerprint density at radius 1 is 1.04 bits per heavy atom. The van der Waals surface area contributed by atoms with Gasteiger partial charge in [0.1, 0.15) is 11.4 Å². The molecule has 0 unspecified atom stereocenters. The Hall–Kier alpha value is -2.34. The summed E-state index contributed by atoms with van der Waals surface area (Å²) in [5, 5.41) is 19.8. The number of nitrogens with two attached hydrogens (primary N) is 1. The number of hydrogen-bond donors (Lipinski definition) is 4. The molecule has 5 nitrogen and oxygen atoms in total. The van der Waals surface area contributed by atoms with E-state index >= 15 is 0 Å². The molecule has 0 bridgehead atoms. The van der Waals surface area contributed by atoms with Gasteiger partial charge in [0, 0.05) is 5.25 Å². The van der Waals surface area contributed by atoms with Crippen LogP contribution >= 0.6 is 12.6 Å². The molecule has 2 aromatic carbocycles. The average Bonchev–Trinajstić information content (AvgIpc) is 2.63. The number of hydrogen-bond acceptors (Lipinski definition) is 6. The molecule has 0 radical (unpaired) electrons. The maximum Gasteiger partial charge on any atom is 0.343 e. The van der Waals surface area contributed by atoms with Crippen molar-refractivity contribution in [3.63, 3.8) is 0 Å². The largest absolute Gasteiger partial charge is 0.506 e. The summed E-state index contributed by atoms with van der Waals surface area (Å²) >= 11 is 4.52. The van der Waals surface area contributed by atoms with Gasteiger partial charge in [-0.1, -0.05) is 12.1 Å². The lowest BCUT2D eigenvalue weighted by Gasteiger charge is -2.26. The molecular formula is C19H21NO4S. The predicted octanol–water partition coefficient (Wildman–Crippen LogP) is 3.86. The van der Waals surface area contributed by atoms with Crippen LogP contribution in [0, 0.1) is 0 Å². The van der Waals surface area contributed by atoms with Crippen molar-refractivity contribution in [3.05, 3.63) is 47.5 Å². The Labute approximate surface area is 151 Å². The first-order chi connectivity index (χ1) is 12.0. The first kappa shape index (κ1) is 17.5. The molecule has 0 amide bonds. The zero-order chi connectivity index (χ0) is 18.0. The normalized spacial score (nSPS) is 20.2. The Kier molecular flexibility index (Phi) is 5.08. The highest BCUT2D eigenvalue weighted by Crippen LogP contribution is 2.38. The minimum absolute atomic E-state index is 0.0866. The van der Waals surface area contributed by atoms with Gasteiger partial charge in [-0.3, -0.25) is 0 Å². The molecule has 0 atom stereocenters. The molecule has 6 heteroatoms. The fraction of sp³-hybridized carbons (Fsp3) is 0.316. The van der Waals surface area contributed by atoms with Crippen molar-refractivity contribution < 1.29 is 19.7 Å². The Balaban J connectivity index is 1.70. The number of phenolic OH excluding ortho intramolecular Hbond substituents is 2. The summed E-state index contributed by atoms with van der Waals surface area (Å²) in [6, 6.07) is 9.91. The zero-order valence-electron chi connectivity index (χ0n) is 13.7. The number of carbonyl (C=O) groups excluding carboxylic acids is 1. The smallest absolute Gasteiger partial charge is 0.343 e. The molecule has 25 heavy (non-hydrogen) atoms. The van der Waals surface area contributed by atoms with Gasteiger partial charge in [-0.05, 0) is 61.4 Å². The number of rotatable bonds is 3. The zero-order valence-corrected chi connectivity index (χ0v) is 14.6. The van der Waals surface area contributed by atoms with Crippen LogP contribution < -0.4 is 10.5 Å². The first-order valence-corrected chi connectivity index (χ1v) is 8.78. The summed E-state index contributed by atoms with van der Waals surface area (Å²) in [5.74, 6) is -0.886. The van der Waals surface area contributed by atoms with Gasteiger partial charge < -0.3 is 20.7 Å². The highest BCUT2D eigenvalue weighted by molar-refractivity contribution is 7.80. The Bertz CT molecular complexity index is 768.